The monoisotopic (exact) mass is 346 g/mol. The third-order valence-corrected chi connectivity index (χ3v) is 2.33. The van der Waals surface area contributed by atoms with Crippen molar-refractivity contribution in [1.29, 1.82) is 0 Å². The van der Waals surface area contributed by atoms with E-state index < -0.39 is 0 Å². The van der Waals surface area contributed by atoms with Crippen molar-refractivity contribution in [3.05, 3.63) is 81.2 Å². The molecule has 0 aromatic carbocycles. The number of hydrogen-bond donors (Lipinski definition) is 0. The summed E-state index contributed by atoms with van der Waals surface area (Å²) in [4.78, 5) is 0. The zero-order valence-electron chi connectivity index (χ0n) is 18.1. The first-order valence-electron chi connectivity index (χ1n) is 9.39. The fourth-order valence-electron chi connectivity index (χ4n) is 0.934. The highest BCUT2D eigenvalue weighted by Gasteiger charge is 1.71. The van der Waals surface area contributed by atoms with Crippen LogP contribution in [0.5, 0.6) is 0 Å². The minimum absolute atomic E-state index is 1.02. The van der Waals surface area contributed by atoms with Gasteiger partial charge < -0.3 is 0 Å². The van der Waals surface area contributed by atoms with E-state index in [1.54, 1.807) is 12.2 Å². The van der Waals surface area contributed by atoms with Crippen LogP contribution in [-0.2, 0) is 0 Å². The Morgan fingerprint density at radius 1 is 0.880 bits per heavy atom. The molecule has 0 spiro atoms. The highest BCUT2D eigenvalue weighted by Crippen LogP contribution is 1.91. The van der Waals surface area contributed by atoms with E-state index in [1.807, 2.05) is 19.1 Å². The van der Waals surface area contributed by atoms with E-state index in [0.29, 0.717) is 0 Å². The molecule has 0 aliphatic heterocycles. The topological polar surface area (TPSA) is 0 Å². The van der Waals surface area contributed by atoms with E-state index in [-0.39, 0.29) is 0 Å². The van der Waals surface area contributed by atoms with E-state index >= 15 is 0 Å². The van der Waals surface area contributed by atoms with Gasteiger partial charge in [0, 0.05) is 0 Å². The van der Waals surface area contributed by atoms with Crippen LogP contribution in [0.3, 0.4) is 0 Å². The van der Waals surface area contributed by atoms with E-state index in [4.69, 9.17) is 0 Å². The predicted octanol–water partition coefficient (Wildman–Crippen LogP) is 9.40. The van der Waals surface area contributed by atoms with Gasteiger partial charge in [0.2, 0.25) is 0 Å². The lowest BCUT2D eigenvalue weighted by Crippen LogP contribution is -1.61. The predicted molar refractivity (Wildman–Crippen MR) is 124 cm³/mol. The molecule has 0 atom stereocenters. The van der Waals surface area contributed by atoms with Crippen LogP contribution in [0, 0.1) is 0 Å². The van der Waals surface area contributed by atoms with E-state index in [2.05, 4.69) is 79.0 Å². The molecular formula is C25H46. The Bertz CT molecular complexity index is 307. The van der Waals surface area contributed by atoms with E-state index in [1.165, 1.54) is 38.5 Å². The molecule has 0 fully saturated rings. The molecule has 0 radical (unpaired) electrons. The van der Waals surface area contributed by atoms with Crippen LogP contribution in [-0.4, -0.2) is 0 Å². The molecule has 0 heterocycles. The number of unbranched alkanes of at least 4 members (excludes halogenated alkanes) is 4. The zero-order chi connectivity index (χ0) is 20.8. The fourth-order valence-corrected chi connectivity index (χ4v) is 0.934. The highest BCUT2D eigenvalue weighted by molar-refractivity contribution is 5.05. The van der Waals surface area contributed by atoms with Crippen LogP contribution in [0.25, 0.3) is 0 Å². The molecule has 0 heteroatoms. The first kappa shape index (κ1) is 34.5. The lowest BCUT2D eigenvalue weighted by molar-refractivity contribution is 0.772. The van der Waals surface area contributed by atoms with Crippen molar-refractivity contribution in [1.82, 2.24) is 0 Å². The van der Waals surface area contributed by atoms with Gasteiger partial charge in [0.15, 0.2) is 0 Å². The van der Waals surface area contributed by atoms with Crippen molar-refractivity contribution < 1.29 is 0 Å². The van der Waals surface area contributed by atoms with Crippen molar-refractivity contribution in [3.8, 4) is 0 Å². The van der Waals surface area contributed by atoms with Crippen LogP contribution in [0.1, 0.15) is 79.6 Å². The lowest BCUT2D eigenvalue weighted by atomic mass is 10.3. The summed E-state index contributed by atoms with van der Waals surface area (Å²) in [7, 11) is 0. The molecule has 0 aromatic rings. The van der Waals surface area contributed by atoms with Crippen molar-refractivity contribution in [2.45, 2.75) is 79.6 Å². The second kappa shape index (κ2) is 49.5. The summed E-state index contributed by atoms with van der Waals surface area (Å²) >= 11 is 0. The van der Waals surface area contributed by atoms with Crippen molar-refractivity contribution in [2.24, 2.45) is 0 Å². The normalized spacial score (nSPS) is 7.56. The summed E-state index contributed by atoms with van der Waals surface area (Å²) in [6.45, 7) is 31.0. The van der Waals surface area contributed by atoms with Crippen molar-refractivity contribution >= 4 is 0 Å². The van der Waals surface area contributed by atoms with Crippen molar-refractivity contribution in [3.63, 3.8) is 0 Å². The summed E-state index contributed by atoms with van der Waals surface area (Å²) in [5.41, 5.74) is 3.27. The highest BCUT2D eigenvalue weighted by atomic mass is 13.8. The maximum Gasteiger partial charge on any atom is -0.0354 e. The van der Waals surface area contributed by atoms with E-state index in [9.17, 15) is 0 Å². The minimum Gasteiger partial charge on any atom is -0.137 e. The van der Waals surface area contributed by atoms with Gasteiger partial charge in [0.25, 0.3) is 0 Å². The summed E-state index contributed by atoms with van der Waals surface area (Å²) in [6.07, 6.45) is 18.4. The quantitative estimate of drug-likeness (QED) is 0.178. The Morgan fingerprint density at radius 2 is 1.28 bits per heavy atom. The molecular weight excluding hydrogens is 300 g/mol. The first-order valence-corrected chi connectivity index (χ1v) is 9.39. The molecule has 0 unspecified atom stereocenters. The number of allylic oxidation sites excluding steroid dienone is 6. The minimum atomic E-state index is 1.02. The summed E-state index contributed by atoms with van der Waals surface area (Å²) < 4.78 is 0. The van der Waals surface area contributed by atoms with Gasteiger partial charge in [-0.3, -0.25) is 0 Å². The van der Waals surface area contributed by atoms with Gasteiger partial charge in [-0.2, -0.15) is 0 Å². The Kier molecular flexibility index (Phi) is 68.4. The van der Waals surface area contributed by atoms with Gasteiger partial charge in [-0.05, 0) is 19.8 Å². The largest absolute Gasteiger partial charge is 0.137 e. The Balaban J connectivity index is -0.0000000678. The van der Waals surface area contributed by atoms with Gasteiger partial charge in [0.05, 0.1) is 0 Å². The summed E-state index contributed by atoms with van der Waals surface area (Å²) in [5.74, 6) is 0. The van der Waals surface area contributed by atoms with Gasteiger partial charge in [-0.25, -0.2) is 0 Å². The molecule has 0 aromatic heterocycles. The lowest BCUT2D eigenvalue weighted by Gasteiger charge is -1.81. The molecule has 0 amide bonds. The average Bonchev–Trinajstić information content (AvgIpc) is 2.61. The maximum atomic E-state index is 3.60. The molecule has 25 heavy (non-hydrogen) atoms. The van der Waals surface area contributed by atoms with Crippen molar-refractivity contribution in [2.75, 3.05) is 0 Å². The molecule has 0 N–H and O–H groups in total. The first-order chi connectivity index (χ1) is 11.9. The fraction of sp³-hybridized carbons (Fsp3) is 0.480. The Morgan fingerprint density at radius 3 is 1.36 bits per heavy atom. The Hall–Kier alpha value is -1.78. The molecule has 0 nitrogen and oxygen atoms in total. The molecule has 0 saturated carbocycles. The Labute approximate surface area is 161 Å². The summed E-state index contributed by atoms with van der Waals surface area (Å²) in [6, 6.07) is 0. The van der Waals surface area contributed by atoms with Crippen LogP contribution >= 0.6 is 0 Å². The molecule has 0 aliphatic carbocycles. The third kappa shape index (κ3) is 134. The number of rotatable bonds is 8. The molecule has 0 rings (SSSR count). The standard InChI is InChI=1S/C6H12.C6H10.C5H8.C5H12.C3H4/c2*1-3-5-6-4-2;1-4-5(2)3;1-3-5-4-2;1-3-2/h3H,1,4-6H2,2H3;3,5-6H,1,4H2,2H3;4H,1-2H2,3H3;3-5H2,1-2H3;1-2H2. The maximum absolute atomic E-state index is 3.60. The van der Waals surface area contributed by atoms with Crippen LogP contribution < -0.4 is 0 Å². The van der Waals surface area contributed by atoms with Gasteiger partial charge in [0.1, 0.15) is 0 Å². The molecule has 0 aliphatic rings. The van der Waals surface area contributed by atoms with Gasteiger partial charge in [-0.1, -0.05) is 129 Å². The molecule has 0 bridgehead atoms. The SMILES string of the molecule is C=C=C.C=CC(=C)C.C=CC=CCC.C=CCCCC.CCCCC. The van der Waals surface area contributed by atoms with Crippen LogP contribution in [0.2, 0.25) is 0 Å². The molecule has 0 saturated heterocycles. The van der Waals surface area contributed by atoms with Gasteiger partial charge >= 0.3 is 0 Å². The van der Waals surface area contributed by atoms with E-state index in [0.717, 1.165) is 12.0 Å². The molecule has 146 valence electrons. The second-order valence-corrected chi connectivity index (χ2v) is 5.16. The zero-order valence-corrected chi connectivity index (χ0v) is 18.1. The van der Waals surface area contributed by atoms with Crippen LogP contribution in [0.4, 0.5) is 0 Å². The van der Waals surface area contributed by atoms with Gasteiger partial charge in [-0.15, -0.1) is 12.3 Å². The second-order valence-electron chi connectivity index (χ2n) is 5.16. The summed E-state index contributed by atoms with van der Waals surface area (Å²) in [5, 5.41) is 0. The average molecular weight is 347 g/mol. The third-order valence-electron chi connectivity index (χ3n) is 2.33. The number of hydrogen-bond acceptors (Lipinski definition) is 0. The smallest absolute Gasteiger partial charge is 0.0354 e. The van der Waals surface area contributed by atoms with Crippen LogP contribution in [0.15, 0.2) is 81.2 Å².